The maximum Gasteiger partial charge on any atom is 0.295 e. The van der Waals surface area contributed by atoms with Gasteiger partial charge in [0.2, 0.25) is 0 Å². The van der Waals surface area contributed by atoms with Crippen LogP contribution in [-0.2, 0) is 14.3 Å². The maximum absolute atomic E-state index is 13.2. The highest BCUT2D eigenvalue weighted by Crippen LogP contribution is 2.39. The van der Waals surface area contributed by atoms with E-state index in [1.807, 2.05) is 13.0 Å². The Labute approximate surface area is 212 Å². The van der Waals surface area contributed by atoms with Crippen molar-refractivity contribution in [1.82, 2.24) is 14.8 Å². The van der Waals surface area contributed by atoms with Crippen LogP contribution in [0.4, 0.5) is 0 Å². The number of aliphatic hydroxyl groups is 1. The van der Waals surface area contributed by atoms with E-state index in [1.54, 1.807) is 41.6 Å². The molecule has 2 aromatic rings. The van der Waals surface area contributed by atoms with Gasteiger partial charge in [-0.2, -0.15) is 0 Å². The smallest absolute Gasteiger partial charge is 0.295 e. The van der Waals surface area contributed by atoms with E-state index in [1.165, 1.54) is 0 Å². The van der Waals surface area contributed by atoms with Crippen LogP contribution in [0.25, 0.3) is 5.76 Å². The summed E-state index contributed by atoms with van der Waals surface area (Å²) >= 11 is 0. The van der Waals surface area contributed by atoms with Crippen LogP contribution in [0.1, 0.15) is 43.0 Å². The summed E-state index contributed by atoms with van der Waals surface area (Å²) < 4.78 is 11.3. The molecule has 2 saturated heterocycles. The van der Waals surface area contributed by atoms with Crippen molar-refractivity contribution in [1.29, 1.82) is 0 Å². The summed E-state index contributed by atoms with van der Waals surface area (Å²) in [5.41, 5.74) is 2.11. The van der Waals surface area contributed by atoms with Crippen molar-refractivity contribution < 1.29 is 24.2 Å². The van der Waals surface area contributed by atoms with Gasteiger partial charge in [0.1, 0.15) is 11.5 Å². The highest BCUT2D eigenvalue weighted by atomic mass is 16.5. The van der Waals surface area contributed by atoms with Crippen LogP contribution in [0.3, 0.4) is 0 Å². The molecule has 8 heteroatoms. The number of rotatable bonds is 9. The lowest BCUT2D eigenvalue weighted by Gasteiger charge is -2.29. The number of aliphatic hydroxyl groups excluding tert-OH is 1. The molecule has 1 N–H and O–H groups in total. The number of likely N-dealkylation sites (tertiary alicyclic amines) is 1. The number of hydrogen-bond acceptors (Lipinski definition) is 7. The van der Waals surface area contributed by atoms with E-state index in [0.717, 1.165) is 30.9 Å². The Morgan fingerprint density at radius 2 is 1.97 bits per heavy atom. The lowest BCUT2D eigenvalue weighted by atomic mass is 9.95. The first-order valence-electron chi connectivity index (χ1n) is 12.6. The van der Waals surface area contributed by atoms with Crippen molar-refractivity contribution in [2.75, 3.05) is 46.0 Å². The van der Waals surface area contributed by atoms with Gasteiger partial charge in [-0.15, -0.1) is 0 Å². The molecular formula is C28H35N3O5. The van der Waals surface area contributed by atoms with Crippen molar-refractivity contribution in [2.24, 2.45) is 5.92 Å². The van der Waals surface area contributed by atoms with Gasteiger partial charge in [0.25, 0.3) is 11.7 Å². The van der Waals surface area contributed by atoms with E-state index in [4.69, 9.17) is 9.47 Å². The van der Waals surface area contributed by atoms with Crippen molar-refractivity contribution in [3.8, 4) is 5.75 Å². The number of nitrogens with zero attached hydrogens (tertiary/aromatic N) is 3. The first-order valence-corrected chi connectivity index (χ1v) is 12.6. The Hall–Kier alpha value is -3.23. The molecule has 2 fully saturated rings. The van der Waals surface area contributed by atoms with E-state index >= 15 is 0 Å². The Balaban J connectivity index is 1.63. The third kappa shape index (κ3) is 5.77. The molecule has 1 amide bonds. The zero-order chi connectivity index (χ0) is 25.7. The van der Waals surface area contributed by atoms with Gasteiger partial charge in [-0.05, 0) is 54.7 Å². The number of morpholine rings is 1. The first-order chi connectivity index (χ1) is 17.4. The minimum Gasteiger partial charge on any atom is -0.507 e. The largest absolute Gasteiger partial charge is 0.507 e. The third-order valence-electron chi connectivity index (χ3n) is 6.54. The average molecular weight is 494 g/mol. The number of carbonyl (C=O) groups is 2. The summed E-state index contributed by atoms with van der Waals surface area (Å²) in [6.07, 6.45) is 4.01. The molecule has 1 atom stereocenters. The molecule has 4 rings (SSSR count). The summed E-state index contributed by atoms with van der Waals surface area (Å²) in [5, 5.41) is 11.3. The number of amides is 1. The lowest BCUT2D eigenvalue weighted by molar-refractivity contribution is -0.140. The fourth-order valence-corrected chi connectivity index (χ4v) is 4.65. The number of hydrogen-bond donors (Lipinski definition) is 1. The number of aromatic nitrogens is 1. The number of Topliss-reactive ketones (excluding diaryl/α,β-unsaturated/α-hetero) is 1. The topological polar surface area (TPSA) is 92.2 Å². The zero-order valence-corrected chi connectivity index (χ0v) is 21.3. The molecule has 0 bridgehead atoms. The molecule has 0 aliphatic carbocycles. The number of benzene rings is 1. The van der Waals surface area contributed by atoms with Gasteiger partial charge < -0.3 is 19.5 Å². The minimum absolute atomic E-state index is 0.0922. The van der Waals surface area contributed by atoms with Crippen LogP contribution in [0.15, 0.2) is 48.3 Å². The van der Waals surface area contributed by atoms with Crippen LogP contribution in [-0.4, -0.2) is 77.6 Å². The molecular weight excluding hydrogens is 458 g/mol. The van der Waals surface area contributed by atoms with Gasteiger partial charge in [-0.1, -0.05) is 19.9 Å². The molecule has 1 aromatic heterocycles. The minimum atomic E-state index is -0.694. The molecule has 0 spiro atoms. The standard InChI is InChI=1S/C28H35N3O5/c1-19(2)18-36-23-8-7-21(16-20(23)3)26(32)24-25(22-6-4-9-29-17-22)31(28(34)27(24)33)11-5-10-30-12-14-35-15-13-30/h4,6-9,16-17,19,25,32H,5,10-15,18H2,1-3H3/b26-24-. The Morgan fingerprint density at radius 3 is 2.64 bits per heavy atom. The molecule has 3 heterocycles. The van der Waals surface area contributed by atoms with E-state index < -0.39 is 17.7 Å². The van der Waals surface area contributed by atoms with E-state index in [9.17, 15) is 14.7 Å². The fourth-order valence-electron chi connectivity index (χ4n) is 4.65. The van der Waals surface area contributed by atoms with E-state index in [0.29, 0.717) is 49.8 Å². The van der Waals surface area contributed by atoms with Crippen molar-refractivity contribution in [3.63, 3.8) is 0 Å². The Bertz CT molecular complexity index is 1110. The van der Waals surface area contributed by atoms with Gasteiger partial charge in [0, 0.05) is 44.1 Å². The summed E-state index contributed by atoms with van der Waals surface area (Å²) in [5.74, 6) is -0.341. The second-order valence-electron chi connectivity index (χ2n) is 9.77. The van der Waals surface area contributed by atoms with Crippen LogP contribution in [0, 0.1) is 12.8 Å². The van der Waals surface area contributed by atoms with Gasteiger partial charge in [-0.25, -0.2) is 0 Å². The molecule has 1 unspecified atom stereocenters. The first kappa shape index (κ1) is 25.9. The highest BCUT2D eigenvalue weighted by molar-refractivity contribution is 6.46. The molecule has 2 aliphatic heterocycles. The molecule has 36 heavy (non-hydrogen) atoms. The molecule has 1 aromatic carbocycles. The summed E-state index contributed by atoms with van der Waals surface area (Å²) in [7, 11) is 0. The van der Waals surface area contributed by atoms with E-state index in [2.05, 4.69) is 23.7 Å². The molecule has 0 radical (unpaired) electrons. The second kappa shape index (κ2) is 11.7. The van der Waals surface area contributed by atoms with Gasteiger partial charge in [0.05, 0.1) is 31.4 Å². The molecule has 192 valence electrons. The number of aryl methyl sites for hydroxylation is 1. The Kier molecular flexibility index (Phi) is 8.38. The van der Waals surface area contributed by atoms with Crippen LogP contribution in [0.2, 0.25) is 0 Å². The summed E-state index contributed by atoms with van der Waals surface area (Å²) in [6.45, 7) is 11.0. The molecule has 0 saturated carbocycles. The second-order valence-corrected chi connectivity index (χ2v) is 9.77. The predicted molar refractivity (Wildman–Crippen MR) is 137 cm³/mol. The number of ketones is 1. The molecule has 2 aliphatic rings. The maximum atomic E-state index is 13.2. The average Bonchev–Trinajstić information content (AvgIpc) is 3.13. The van der Waals surface area contributed by atoms with Crippen LogP contribution in [0.5, 0.6) is 5.75 Å². The lowest BCUT2D eigenvalue weighted by Crippen LogP contribution is -2.39. The SMILES string of the molecule is Cc1cc(/C(O)=C2/C(=O)C(=O)N(CCCN3CCOCC3)C2c2cccnc2)ccc1OCC(C)C. The number of carbonyl (C=O) groups excluding carboxylic acids is 2. The van der Waals surface area contributed by atoms with E-state index in [-0.39, 0.29) is 11.3 Å². The normalized spacial score (nSPS) is 20.3. The summed E-state index contributed by atoms with van der Waals surface area (Å²) in [4.78, 5) is 34.4. The van der Waals surface area contributed by atoms with Gasteiger partial charge >= 0.3 is 0 Å². The fraction of sp³-hybridized carbons (Fsp3) is 0.464. The predicted octanol–water partition coefficient (Wildman–Crippen LogP) is 3.57. The van der Waals surface area contributed by atoms with Crippen molar-refractivity contribution in [2.45, 2.75) is 33.2 Å². The quantitative estimate of drug-likeness (QED) is 0.324. The monoisotopic (exact) mass is 493 g/mol. The molecule has 8 nitrogen and oxygen atoms in total. The highest BCUT2D eigenvalue weighted by Gasteiger charge is 2.46. The van der Waals surface area contributed by atoms with Crippen molar-refractivity contribution in [3.05, 3.63) is 65.0 Å². The number of ether oxygens (including phenoxy) is 2. The summed E-state index contributed by atoms with van der Waals surface area (Å²) in [6, 6.07) is 8.22. The van der Waals surface area contributed by atoms with Crippen LogP contribution < -0.4 is 4.74 Å². The Morgan fingerprint density at radius 1 is 1.19 bits per heavy atom. The van der Waals surface area contributed by atoms with Crippen molar-refractivity contribution >= 4 is 17.4 Å². The zero-order valence-electron chi connectivity index (χ0n) is 21.3. The third-order valence-corrected chi connectivity index (χ3v) is 6.54. The van der Waals surface area contributed by atoms with Crippen LogP contribution >= 0.6 is 0 Å². The van der Waals surface area contributed by atoms with Gasteiger partial charge in [0.15, 0.2) is 0 Å². The number of pyridine rings is 1. The van der Waals surface area contributed by atoms with Gasteiger partial charge in [-0.3, -0.25) is 19.5 Å².